The van der Waals surface area contributed by atoms with Crippen LogP contribution in [0, 0.1) is 13.7 Å². The molecule has 0 atom stereocenters. The lowest BCUT2D eigenvalue weighted by atomic mass is 10.3. The summed E-state index contributed by atoms with van der Waals surface area (Å²) in [4.78, 5) is 11.5. The highest BCUT2D eigenvalue weighted by molar-refractivity contribution is 14.1. The second kappa shape index (κ2) is 4.94. The van der Waals surface area contributed by atoms with Crippen molar-refractivity contribution in [3.8, 4) is 0 Å². The minimum atomic E-state index is -4.43. The van der Waals surface area contributed by atoms with Crippen molar-refractivity contribution in [2.45, 2.75) is 11.3 Å². The maximum atomic E-state index is 12.4. The van der Waals surface area contributed by atoms with Gasteiger partial charge in [-0.3, -0.25) is 0 Å². The van der Waals surface area contributed by atoms with Crippen molar-refractivity contribution in [1.82, 2.24) is 4.98 Å². The summed E-state index contributed by atoms with van der Waals surface area (Å²) in [7, 11) is 0.524. The van der Waals surface area contributed by atoms with E-state index in [1.807, 2.05) is 0 Å². The highest BCUT2D eigenvalue weighted by Crippen LogP contribution is 2.31. The van der Waals surface area contributed by atoms with Crippen LogP contribution in [0.15, 0.2) is 11.0 Å². The van der Waals surface area contributed by atoms with E-state index in [4.69, 9.17) is 10.7 Å². The highest BCUT2D eigenvalue weighted by Gasteiger charge is 2.31. The zero-order valence-electron chi connectivity index (χ0n) is 7.60. The van der Waals surface area contributed by atoms with Crippen molar-refractivity contribution in [3.63, 3.8) is 0 Å². The van der Waals surface area contributed by atoms with Crippen LogP contribution >= 0.6 is 33.3 Å². The molecule has 0 aliphatic rings. The van der Waals surface area contributed by atoms with Gasteiger partial charge in [0.25, 0.3) is 9.05 Å². The van der Waals surface area contributed by atoms with Gasteiger partial charge in [0.2, 0.25) is 5.69 Å². The average Bonchev–Trinajstić information content (AvgIpc) is 2.14. The Morgan fingerprint density at radius 3 is 2.41 bits per heavy atom. The molecule has 1 rings (SSSR count). The van der Waals surface area contributed by atoms with Gasteiger partial charge < -0.3 is 10.1 Å². The molecular weight excluding hydrogens is 396 g/mol. The Labute approximate surface area is 112 Å². The number of rotatable bonds is 3. The summed E-state index contributed by atoms with van der Waals surface area (Å²) in [6.45, 7) is 0. The first-order chi connectivity index (χ1) is 7.64. The van der Waals surface area contributed by atoms with Gasteiger partial charge in [0, 0.05) is 10.7 Å². The van der Waals surface area contributed by atoms with Crippen LogP contribution in [0.2, 0.25) is 0 Å². The van der Waals surface area contributed by atoms with Crippen LogP contribution in [0.25, 0.3) is 0 Å². The van der Waals surface area contributed by atoms with Crippen LogP contribution in [0.3, 0.4) is 0 Å². The smallest absolute Gasteiger partial charge is 0.358 e. The van der Waals surface area contributed by atoms with Crippen molar-refractivity contribution >= 4 is 48.1 Å². The molecule has 0 aliphatic heterocycles. The van der Waals surface area contributed by atoms with E-state index in [1.54, 1.807) is 0 Å². The molecule has 0 saturated carbocycles. The molecule has 0 bridgehead atoms. The van der Waals surface area contributed by atoms with E-state index in [1.165, 1.54) is 22.6 Å². The number of aromatic nitrogens is 1. The molecule has 0 aromatic carbocycles. The molecule has 94 valence electrons. The monoisotopic (exact) mass is 398 g/mol. The maximum Gasteiger partial charge on any atom is 0.384 e. The standard InChI is InChI=1S/C6H2ClF2IN2O4S/c7-17(15,16)3-1-2(10)4(5(8)9)11-6(3)12(13)14/h1,5H. The number of hydrogen-bond acceptors (Lipinski definition) is 5. The van der Waals surface area contributed by atoms with E-state index in [0.29, 0.717) is 6.07 Å². The number of hydrogen-bond donors (Lipinski definition) is 0. The Morgan fingerprint density at radius 2 is 2.06 bits per heavy atom. The first-order valence-corrected chi connectivity index (χ1v) is 7.11. The first-order valence-electron chi connectivity index (χ1n) is 3.72. The summed E-state index contributed by atoms with van der Waals surface area (Å²) in [5.41, 5.74) is -0.860. The topological polar surface area (TPSA) is 90.2 Å². The van der Waals surface area contributed by atoms with Crippen LogP contribution < -0.4 is 0 Å². The largest absolute Gasteiger partial charge is 0.384 e. The van der Waals surface area contributed by atoms with Crippen LogP contribution in [0.1, 0.15) is 12.1 Å². The van der Waals surface area contributed by atoms with E-state index < -0.39 is 36.8 Å². The summed E-state index contributed by atoms with van der Waals surface area (Å²) in [6.07, 6.45) is -3.05. The summed E-state index contributed by atoms with van der Waals surface area (Å²) in [6, 6.07) is 0.690. The van der Waals surface area contributed by atoms with Gasteiger partial charge in [-0.25, -0.2) is 17.2 Å². The third kappa shape index (κ3) is 3.19. The molecule has 0 amide bonds. The van der Waals surface area contributed by atoms with E-state index in [2.05, 4.69) is 4.98 Å². The van der Waals surface area contributed by atoms with Gasteiger partial charge in [0.1, 0.15) is 0 Å². The maximum absolute atomic E-state index is 12.4. The summed E-state index contributed by atoms with van der Waals surface area (Å²) < 4.78 is 46.7. The Hall–Kier alpha value is -0.620. The number of pyridine rings is 1. The van der Waals surface area contributed by atoms with Crippen molar-refractivity contribution in [2.24, 2.45) is 0 Å². The molecule has 0 saturated heterocycles. The lowest BCUT2D eigenvalue weighted by Crippen LogP contribution is -2.06. The fourth-order valence-electron chi connectivity index (χ4n) is 0.939. The van der Waals surface area contributed by atoms with E-state index >= 15 is 0 Å². The Morgan fingerprint density at radius 1 is 1.53 bits per heavy atom. The molecule has 1 heterocycles. The van der Waals surface area contributed by atoms with Gasteiger partial charge in [0.15, 0.2) is 4.90 Å². The molecule has 0 unspecified atom stereocenters. The van der Waals surface area contributed by atoms with E-state index in [0.717, 1.165) is 0 Å². The molecule has 11 heteroatoms. The van der Waals surface area contributed by atoms with E-state index in [-0.39, 0.29) is 3.57 Å². The third-order valence-electron chi connectivity index (χ3n) is 1.59. The third-order valence-corrected chi connectivity index (χ3v) is 3.78. The normalized spacial score (nSPS) is 11.8. The van der Waals surface area contributed by atoms with Crippen molar-refractivity contribution in [3.05, 3.63) is 25.4 Å². The van der Waals surface area contributed by atoms with Gasteiger partial charge in [-0.1, -0.05) is 0 Å². The predicted octanol–water partition coefficient (Wildman–Crippen LogP) is 2.46. The molecule has 0 aliphatic carbocycles. The first kappa shape index (κ1) is 14.4. The molecular formula is C6H2ClF2IN2O4S. The summed E-state index contributed by atoms with van der Waals surface area (Å²) in [5, 5.41) is 10.5. The predicted molar refractivity (Wildman–Crippen MR) is 61.6 cm³/mol. The van der Waals surface area contributed by atoms with E-state index in [9.17, 15) is 27.3 Å². The van der Waals surface area contributed by atoms with Crippen LogP contribution in [-0.4, -0.2) is 18.3 Å². The number of nitrogens with zero attached hydrogens (tertiary/aromatic N) is 2. The lowest BCUT2D eigenvalue weighted by Gasteiger charge is -2.02. The zero-order chi connectivity index (χ0) is 13.4. The molecule has 17 heavy (non-hydrogen) atoms. The van der Waals surface area contributed by atoms with Gasteiger partial charge >= 0.3 is 12.2 Å². The van der Waals surface area contributed by atoms with Crippen LogP contribution in [-0.2, 0) is 9.05 Å². The summed E-state index contributed by atoms with van der Waals surface area (Å²) >= 11 is 1.39. The molecule has 0 radical (unpaired) electrons. The van der Waals surface area contributed by atoms with Gasteiger partial charge in [-0.15, -0.1) is 0 Å². The van der Waals surface area contributed by atoms with Gasteiger partial charge in [-0.2, -0.15) is 0 Å². The number of nitro groups is 1. The molecule has 1 aromatic rings. The SMILES string of the molecule is O=[N+]([O-])c1nc(C(F)F)c(I)cc1S(=O)(=O)Cl. The van der Waals surface area contributed by atoms with Crippen molar-refractivity contribution in [1.29, 1.82) is 0 Å². The second-order valence-electron chi connectivity index (χ2n) is 2.67. The zero-order valence-corrected chi connectivity index (χ0v) is 11.3. The minimum Gasteiger partial charge on any atom is -0.358 e. The fraction of sp³-hybridized carbons (Fsp3) is 0.167. The van der Waals surface area contributed by atoms with Crippen molar-refractivity contribution in [2.75, 3.05) is 0 Å². The Bertz CT molecular complexity index is 580. The molecule has 1 aromatic heterocycles. The molecule has 6 nitrogen and oxygen atoms in total. The number of alkyl halides is 2. The van der Waals surface area contributed by atoms with Crippen molar-refractivity contribution < 1.29 is 22.1 Å². The second-order valence-corrected chi connectivity index (χ2v) is 6.37. The van der Waals surface area contributed by atoms with Gasteiger partial charge in [0.05, 0.1) is 3.57 Å². The quantitative estimate of drug-likeness (QED) is 0.338. The van der Waals surface area contributed by atoms with Gasteiger partial charge in [-0.05, 0) is 38.6 Å². The summed E-state index contributed by atoms with van der Waals surface area (Å²) in [5.74, 6) is -1.21. The lowest BCUT2D eigenvalue weighted by molar-refractivity contribution is -0.392. The van der Waals surface area contributed by atoms with Crippen LogP contribution in [0.5, 0.6) is 0 Å². The minimum absolute atomic E-state index is 0.220. The average molecular weight is 399 g/mol. The Balaban J connectivity index is 3.65. The molecule has 0 spiro atoms. The molecule has 0 N–H and O–H groups in total. The Kier molecular flexibility index (Phi) is 4.19. The number of halogens is 4. The highest BCUT2D eigenvalue weighted by atomic mass is 127. The van der Waals surface area contributed by atoms with Crippen LogP contribution in [0.4, 0.5) is 14.6 Å². The fourth-order valence-corrected chi connectivity index (χ4v) is 2.76. The molecule has 0 fully saturated rings.